The first-order chi connectivity index (χ1) is 3.18. The molecule has 0 aromatic heterocycles. The Bertz CT molecular complexity index is 92.4. The van der Waals surface area contributed by atoms with Gasteiger partial charge in [-0.3, -0.25) is 0 Å². The van der Waals surface area contributed by atoms with E-state index in [2.05, 4.69) is 13.2 Å². The van der Waals surface area contributed by atoms with E-state index in [1.54, 1.807) is 0 Å². The molecule has 0 aliphatic rings. The van der Waals surface area contributed by atoms with Crippen LogP contribution in [-0.2, 0) is 0 Å². The third kappa shape index (κ3) is 2.46. The molecular formula is C6H9Cl. The molecule has 0 aliphatic heterocycles. The minimum atomic E-state index is 0.495. The van der Waals surface area contributed by atoms with E-state index in [0.29, 0.717) is 5.88 Å². The van der Waals surface area contributed by atoms with E-state index in [4.69, 9.17) is 11.6 Å². The lowest BCUT2D eigenvalue weighted by atomic mass is 10.2. The molecule has 0 unspecified atom stereocenters. The van der Waals surface area contributed by atoms with E-state index >= 15 is 0 Å². The predicted molar refractivity (Wildman–Crippen MR) is 34.7 cm³/mol. The summed E-state index contributed by atoms with van der Waals surface area (Å²) in [7, 11) is 0. The first-order valence-corrected chi connectivity index (χ1v) is 2.61. The molecular weight excluding hydrogens is 108 g/mol. The molecule has 0 bridgehead atoms. The summed E-state index contributed by atoms with van der Waals surface area (Å²) in [4.78, 5) is 0. The average molecular weight is 117 g/mol. The normalized spacial score (nSPS) is 8.29. The molecule has 0 radical (unpaired) electrons. The maximum absolute atomic E-state index is 5.39. The van der Waals surface area contributed by atoms with Gasteiger partial charge < -0.3 is 0 Å². The van der Waals surface area contributed by atoms with Crippen molar-refractivity contribution in [3.8, 4) is 0 Å². The van der Waals surface area contributed by atoms with Crippen LogP contribution >= 0.6 is 11.6 Å². The van der Waals surface area contributed by atoms with Crippen LogP contribution in [-0.4, -0.2) is 5.88 Å². The second-order valence-corrected chi connectivity index (χ2v) is 1.78. The van der Waals surface area contributed by atoms with Gasteiger partial charge in [0.25, 0.3) is 0 Å². The molecule has 7 heavy (non-hydrogen) atoms. The van der Waals surface area contributed by atoms with Crippen LogP contribution in [0.1, 0.15) is 6.92 Å². The van der Waals surface area contributed by atoms with Crippen LogP contribution in [0.15, 0.2) is 24.3 Å². The SMILES string of the molecule is C=C(C)C(=C)CCl. The first kappa shape index (κ1) is 6.77. The van der Waals surface area contributed by atoms with Crippen molar-refractivity contribution in [3.05, 3.63) is 24.3 Å². The van der Waals surface area contributed by atoms with Crippen LogP contribution in [0.2, 0.25) is 0 Å². The molecule has 1 heteroatoms. The van der Waals surface area contributed by atoms with E-state index in [9.17, 15) is 0 Å². The summed E-state index contributed by atoms with van der Waals surface area (Å²) < 4.78 is 0. The van der Waals surface area contributed by atoms with E-state index in [-0.39, 0.29) is 0 Å². The zero-order valence-corrected chi connectivity index (χ0v) is 5.26. The minimum absolute atomic E-state index is 0.495. The van der Waals surface area contributed by atoms with Gasteiger partial charge in [0.2, 0.25) is 0 Å². The Morgan fingerprint density at radius 3 is 2.00 bits per heavy atom. The van der Waals surface area contributed by atoms with E-state index in [0.717, 1.165) is 11.1 Å². The van der Waals surface area contributed by atoms with Gasteiger partial charge in [-0.25, -0.2) is 0 Å². The van der Waals surface area contributed by atoms with Crippen LogP contribution < -0.4 is 0 Å². The zero-order valence-electron chi connectivity index (χ0n) is 4.50. The summed E-state index contributed by atoms with van der Waals surface area (Å²) in [5, 5.41) is 0. The smallest absolute Gasteiger partial charge is 0.0470 e. The Kier molecular flexibility index (Phi) is 2.77. The highest BCUT2D eigenvalue weighted by atomic mass is 35.5. The number of rotatable bonds is 2. The summed E-state index contributed by atoms with van der Waals surface area (Å²) in [5.41, 5.74) is 1.89. The standard InChI is InChI=1S/C6H9Cl/c1-5(2)6(3)4-7/h1,3-4H2,2H3. The van der Waals surface area contributed by atoms with Crippen molar-refractivity contribution in [2.45, 2.75) is 6.92 Å². The zero-order chi connectivity index (χ0) is 5.86. The molecule has 0 saturated carbocycles. The van der Waals surface area contributed by atoms with E-state index in [1.807, 2.05) is 6.92 Å². The van der Waals surface area contributed by atoms with Gasteiger partial charge in [0.05, 0.1) is 0 Å². The van der Waals surface area contributed by atoms with Gasteiger partial charge in [-0.05, 0) is 12.5 Å². The van der Waals surface area contributed by atoms with Crippen molar-refractivity contribution in [2.24, 2.45) is 0 Å². The Morgan fingerprint density at radius 1 is 1.57 bits per heavy atom. The summed E-state index contributed by atoms with van der Waals surface area (Å²) in [6.45, 7) is 9.18. The van der Waals surface area contributed by atoms with Crippen molar-refractivity contribution >= 4 is 11.6 Å². The molecule has 0 amide bonds. The average Bonchev–Trinajstić information content (AvgIpc) is 1.65. The van der Waals surface area contributed by atoms with Crippen molar-refractivity contribution < 1.29 is 0 Å². The Morgan fingerprint density at radius 2 is 2.00 bits per heavy atom. The highest BCUT2D eigenvalue weighted by Crippen LogP contribution is 2.03. The molecule has 0 N–H and O–H groups in total. The third-order valence-corrected chi connectivity index (χ3v) is 1.09. The number of alkyl halides is 1. The van der Waals surface area contributed by atoms with Gasteiger partial charge in [-0.2, -0.15) is 0 Å². The molecule has 0 saturated heterocycles. The Labute approximate surface area is 49.5 Å². The predicted octanol–water partition coefficient (Wildman–Crippen LogP) is 2.36. The minimum Gasteiger partial charge on any atom is -0.122 e. The Hall–Kier alpha value is -0.230. The fraction of sp³-hybridized carbons (Fsp3) is 0.333. The molecule has 40 valence electrons. The topological polar surface area (TPSA) is 0 Å². The van der Waals surface area contributed by atoms with Crippen molar-refractivity contribution in [1.29, 1.82) is 0 Å². The number of hydrogen-bond donors (Lipinski definition) is 0. The molecule has 0 spiro atoms. The van der Waals surface area contributed by atoms with Gasteiger partial charge in [-0.1, -0.05) is 18.7 Å². The summed E-state index contributed by atoms with van der Waals surface area (Å²) in [5.74, 6) is 0.495. The van der Waals surface area contributed by atoms with Crippen molar-refractivity contribution in [1.82, 2.24) is 0 Å². The van der Waals surface area contributed by atoms with Crippen LogP contribution in [0.4, 0.5) is 0 Å². The number of allylic oxidation sites excluding steroid dienone is 2. The lowest BCUT2D eigenvalue weighted by Gasteiger charge is -1.93. The molecule has 0 aromatic rings. The van der Waals surface area contributed by atoms with Crippen molar-refractivity contribution in [3.63, 3.8) is 0 Å². The lowest BCUT2D eigenvalue weighted by molar-refractivity contribution is 1.39. The van der Waals surface area contributed by atoms with Crippen LogP contribution in [0.25, 0.3) is 0 Å². The largest absolute Gasteiger partial charge is 0.122 e. The van der Waals surface area contributed by atoms with Crippen LogP contribution in [0.5, 0.6) is 0 Å². The van der Waals surface area contributed by atoms with E-state index in [1.165, 1.54) is 0 Å². The quantitative estimate of drug-likeness (QED) is 0.384. The van der Waals surface area contributed by atoms with Gasteiger partial charge in [0, 0.05) is 5.88 Å². The van der Waals surface area contributed by atoms with Gasteiger partial charge in [0.15, 0.2) is 0 Å². The highest BCUT2D eigenvalue weighted by molar-refractivity contribution is 6.19. The number of halogens is 1. The summed E-state index contributed by atoms with van der Waals surface area (Å²) in [6.07, 6.45) is 0. The molecule has 0 heterocycles. The maximum Gasteiger partial charge on any atom is 0.0470 e. The van der Waals surface area contributed by atoms with Gasteiger partial charge in [0.1, 0.15) is 0 Å². The maximum atomic E-state index is 5.39. The fourth-order valence-electron chi connectivity index (χ4n) is 0.114. The van der Waals surface area contributed by atoms with Crippen LogP contribution in [0, 0.1) is 0 Å². The molecule has 0 nitrogen and oxygen atoms in total. The fourth-order valence-corrected chi connectivity index (χ4v) is 0.342. The molecule has 0 atom stereocenters. The lowest BCUT2D eigenvalue weighted by Crippen LogP contribution is -1.79. The molecule has 0 aromatic carbocycles. The monoisotopic (exact) mass is 116 g/mol. The third-order valence-electron chi connectivity index (χ3n) is 0.765. The second-order valence-electron chi connectivity index (χ2n) is 1.52. The summed E-state index contributed by atoms with van der Waals surface area (Å²) in [6, 6.07) is 0. The van der Waals surface area contributed by atoms with E-state index < -0.39 is 0 Å². The molecule has 0 aliphatic carbocycles. The van der Waals surface area contributed by atoms with Gasteiger partial charge in [-0.15, -0.1) is 11.6 Å². The second kappa shape index (κ2) is 2.86. The van der Waals surface area contributed by atoms with Crippen LogP contribution in [0.3, 0.4) is 0 Å². The molecule has 0 fully saturated rings. The number of hydrogen-bond acceptors (Lipinski definition) is 0. The summed E-state index contributed by atoms with van der Waals surface area (Å²) >= 11 is 5.39. The Balaban J connectivity index is 3.58. The van der Waals surface area contributed by atoms with Gasteiger partial charge >= 0.3 is 0 Å². The highest BCUT2D eigenvalue weighted by Gasteiger charge is 1.86. The van der Waals surface area contributed by atoms with Crippen molar-refractivity contribution in [2.75, 3.05) is 5.88 Å². The molecule has 0 rings (SSSR count). The first-order valence-electron chi connectivity index (χ1n) is 2.08.